The first kappa shape index (κ1) is 8.36. The van der Waals surface area contributed by atoms with Crippen LogP contribution >= 0.6 is 0 Å². The van der Waals surface area contributed by atoms with Gasteiger partial charge < -0.3 is 4.42 Å². The molecule has 0 aliphatic heterocycles. The van der Waals surface area contributed by atoms with Crippen molar-refractivity contribution in [2.24, 2.45) is 0 Å². The molecule has 0 N–H and O–H groups in total. The fraction of sp³-hybridized carbons (Fsp3) is 0.333. The molecule has 2 rings (SSSR count). The average Bonchev–Trinajstić information content (AvgIpc) is 2.59. The van der Waals surface area contributed by atoms with Crippen LogP contribution in [0.4, 0.5) is 0 Å². The first-order valence-corrected chi connectivity index (χ1v) is 4.84. The molecule has 0 aliphatic rings. The van der Waals surface area contributed by atoms with E-state index in [4.69, 9.17) is 4.42 Å². The Bertz CT molecular complexity index is 412. The van der Waals surface area contributed by atoms with Gasteiger partial charge in [0.15, 0.2) is 0 Å². The van der Waals surface area contributed by atoms with E-state index in [-0.39, 0.29) is 0 Å². The van der Waals surface area contributed by atoms with Crippen molar-refractivity contribution in [3.63, 3.8) is 0 Å². The third-order valence-electron chi connectivity index (χ3n) is 2.51. The number of benzene rings is 1. The molecule has 1 heterocycles. The van der Waals surface area contributed by atoms with Crippen LogP contribution in [0.2, 0.25) is 0 Å². The van der Waals surface area contributed by atoms with Gasteiger partial charge in [-0.1, -0.05) is 26.0 Å². The Balaban J connectivity index is 2.61. The lowest BCUT2D eigenvalue weighted by molar-refractivity contribution is 0.610. The van der Waals surface area contributed by atoms with Crippen LogP contribution in [-0.4, -0.2) is 0 Å². The smallest absolute Gasteiger partial charge is 0.134 e. The molecule has 1 heteroatoms. The molecule has 0 radical (unpaired) electrons. The Morgan fingerprint density at radius 3 is 2.69 bits per heavy atom. The van der Waals surface area contributed by atoms with Gasteiger partial charge in [-0.05, 0) is 30.0 Å². The molecule has 13 heavy (non-hydrogen) atoms. The van der Waals surface area contributed by atoms with Crippen LogP contribution in [0.3, 0.4) is 0 Å². The fourth-order valence-electron chi connectivity index (χ4n) is 1.62. The van der Waals surface area contributed by atoms with Gasteiger partial charge in [0.05, 0.1) is 6.26 Å². The van der Waals surface area contributed by atoms with Crippen LogP contribution in [0.15, 0.2) is 28.9 Å². The fourth-order valence-corrected chi connectivity index (χ4v) is 1.62. The molecule has 1 aromatic carbocycles. The summed E-state index contributed by atoms with van der Waals surface area (Å²) in [5.41, 5.74) is 3.67. The van der Waals surface area contributed by atoms with E-state index in [1.165, 1.54) is 16.5 Å². The molecule has 0 saturated carbocycles. The predicted octanol–water partition coefficient (Wildman–Crippen LogP) is 3.56. The molecule has 0 unspecified atom stereocenters. The van der Waals surface area contributed by atoms with Gasteiger partial charge in [-0.2, -0.15) is 0 Å². The molecule has 0 atom stereocenters. The van der Waals surface area contributed by atoms with Gasteiger partial charge in [-0.3, -0.25) is 0 Å². The quantitative estimate of drug-likeness (QED) is 0.678. The second-order valence-corrected chi connectivity index (χ2v) is 3.30. The molecule has 0 bridgehead atoms. The standard InChI is InChI=1S/C12H14O/c1-3-9-5-6-11-10(4-2)8-13-12(11)7-9/h5-8H,3-4H2,1-2H3. The molecule has 0 spiro atoms. The van der Waals surface area contributed by atoms with E-state index >= 15 is 0 Å². The van der Waals surface area contributed by atoms with E-state index < -0.39 is 0 Å². The highest BCUT2D eigenvalue weighted by molar-refractivity contribution is 5.81. The van der Waals surface area contributed by atoms with E-state index in [0.29, 0.717) is 0 Å². The maximum atomic E-state index is 5.48. The van der Waals surface area contributed by atoms with E-state index in [1.54, 1.807) is 0 Å². The minimum atomic E-state index is 1.02. The molecule has 0 saturated heterocycles. The van der Waals surface area contributed by atoms with Crippen LogP contribution < -0.4 is 0 Å². The monoisotopic (exact) mass is 174 g/mol. The van der Waals surface area contributed by atoms with Crippen molar-refractivity contribution in [2.45, 2.75) is 26.7 Å². The average molecular weight is 174 g/mol. The third kappa shape index (κ3) is 1.35. The van der Waals surface area contributed by atoms with Crippen molar-refractivity contribution < 1.29 is 4.42 Å². The van der Waals surface area contributed by atoms with E-state index in [0.717, 1.165) is 18.4 Å². The molecule has 2 aromatic rings. The number of hydrogen-bond donors (Lipinski definition) is 0. The minimum absolute atomic E-state index is 1.02. The van der Waals surface area contributed by atoms with Gasteiger partial charge in [-0.15, -0.1) is 0 Å². The Morgan fingerprint density at radius 2 is 2.00 bits per heavy atom. The van der Waals surface area contributed by atoms with Gasteiger partial charge in [-0.25, -0.2) is 0 Å². The van der Waals surface area contributed by atoms with Crippen molar-refractivity contribution in [3.8, 4) is 0 Å². The summed E-state index contributed by atoms with van der Waals surface area (Å²) in [5.74, 6) is 0. The summed E-state index contributed by atoms with van der Waals surface area (Å²) in [4.78, 5) is 0. The maximum absolute atomic E-state index is 5.48. The van der Waals surface area contributed by atoms with Crippen LogP contribution in [0.5, 0.6) is 0 Å². The first-order valence-electron chi connectivity index (χ1n) is 4.84. The molecular formula is C12H14O. The van der Waals surface area contributed by atoms with Gasteiger partial charge in [0, 0.05) is 5.39 Å². The third-order valence-corrected chi connectivity index (χ3v) is 2.51. The van der Waals surface area contributed by atoms with Crippen molar-refractivity contribution in [3.05, 3.63) is 35.6 Å². The van der Waals surface area contributed by atoms with Crippen molar-refractivity contribution in [1.82, 2.24) is 0 Å². The lowest BCUT2D eigenvalue weighted by atomic mass is 10.1. The van der Waals surface area contributed by atoms with Crippen molar-refractivity contribution >= 4 is 11.0 Å². The normalized spacial score (nSPS) is 10.9. The number of rotatable bonds is 2. The summed E-state index contributed by atoms with van der Waals surface area (Å²) in [6.45, 7) is 4.31. The van der Waals surface area contributed by atoms with E-state index in [2.05, 4.69) is 32.0 Å². The van der Waals surface area contributed by atoms with Crippen LogP contribution in [-0.2, 0) is 12.8 Å². The van der Waals surface area contributed by atoms with Crippen LogP contribution in [0, 0.1) is 0 Å². The predicted molar refractivity (Wildman–Crippen MR) is 55.0 cm³/mol. The van der Waals surface area contributed by atoms with Gasteiger partial charge >= 0.3 is 0 Å². The number of furan rings is 1. The molecule has 1 nitrogen and oxygen atoms in total. The SMILES string of the molecule is CCc1ccc2c(CC)coc2c1. The largest absolute Gasteiger partial charge is 0.464 e. The van der Waals surface area contributed by atoms with Crippen LogP contribution in [0.1, 0.15) is 25.0 Å². The number of hydrogen-bond acceptors (Lipinski definition) is 1. The molecule has 68 valence electrons. The number of fused-ring (bicyclic) bond motifs is 1. The second kappa shape index (κ2) is 3.25. The highest BCUT2D eigenvalue weighted by Gasteiger charge is 2.03. The topological polar surface area (TPSA) is 13.1 Å². The summed E-state index contributed by atoms with van der Waals surface area (Å²) < 4.78 is 5.48. The molecule has 0 fully saturated rings. The summed E-state index contributed by atoms with van der Waals surface area (Å²) in [5, 5.41) is 1.26. The second-order valence-electron chi connectivity index (χ2n) is 3.30. The molecular weight excluding hydrogens is 160 g/mol. The Labute approximate surface area is 78.4 Å². The lowest BCUT2D eigenvalue weighted by Gasteiger charge is -1.95. The summed E-state index contributed by atoms with van der Waals surface area (Å²) in [6, 6.07) is 6.47. The first-order chi connectivity index (χ1) is 6.35. The van der Waals surface area contributed by atoms with Gasteiger partial charge in [0.25, 0.3) is 0 Å². The maximum Gasteiger partial charge on any atom is 0.134 e. The van der Waals surface area contributed by atoms with Crippen LogP contribution in [0.25, 0.3) is 11.0 Å². The van der Waals surface area contributed by atoms with E-state index in [1.807, 2.05) is 6.26 Å². The zero-order valence-electron chi connectivity index (χ0n) is 8.13. The van der Waals surface area contributed by atoms with Gasteiger partial charge in [0.2, 0.25) is 0 Å². The zero-order chi connectivity index (χ0) is 9.26. The Morgan fingerprint density at radius 1 is 1.15 bits per heavy atom. The highest BCUT2D eigenvalue weighted by atomic mass is 16.3. The molecule has 0 aliphatic carbocycles. The highest BCUT2D eigenvalue weighted by Crippen LogP contribution is 2.22. The zero-order valence-corrected chi connectivity index (χ0v) is 8.13. The Hall–Kier alpha value is -1.24. The van der Waals surface area contributed by atoms with Crippen molar-refractivity contribution in [2.75, 3.05) is 0 Å². The summed E-state index contributed by atoms with van der Waals surface area (Å²) >= 11 is 0. The summed E-state index contributed by atoms with van der Waals surface area (Å²) in [6.07, 6.45) is 3.97. The Kier molecular flexibility index (Phi) is 2.09. The molecule has 0 amide bonds. The van der Waals surface area contributed by atoms with Gasteiger partial charge in [0.1, 0.15) is 5.58 Å². The number of aryl methyl sites for hydroxylation is 2. The lowest BCUT2D eigenvalue weighted by Crippen LogP contribution is -1.79. The minimum Gasteiger partial charge on any atom is -0.464 e. The van der Waals surface area contributed by atoms with E-state index in [9.17, 15) is 0 Å². The van der Waals surface area contributed by atoms with Crippen molar-refractivity contribution in [1.29, 1.82) is 0 Å². The summed E-state index contributed by atoms with van der Waals surface area (Å²) in [7, 11) is 0. The molecule has 1 aromatic heterocycles.